The molecule has 0 saturated carbocycles. The lowest BCUT2D eigenvalue weighted by Crippen LogP contribution is -2.30. The van der Waals surface area contributed by atoms with E-state index in [4.69, 9.17) is 4.74 Å². The molecule has 2 rings (SSSR count). The normalized spacial score (nSPS) is 20.5. The third kappa shape index (κ3) is 1.42. The number of H-pyrrole nitrogens is 1. The molecule has 2 heterocycles. The summed E-state index contributed by atoms with van der Waals surface area (Å²) >= 11 is 0. The van der Waals surface area contributed by atoms with E-state index in [2.05, 4.69) is 25.9 Å². The molecule has 62 valence electrons. The van der Waals surface area contributed by atoms with Crippen molar-refractivity contribution >= 4 is 0 Å². The number of nitrogens with one attached hydrogen (secondary N) is 2. The molecule has 6 nitrogen and oxygen atoms in total. The molecule has 0 radical (unpaired) electrons. The van der Waals surface area contributed by atoms with E-state index in [1.54, 1.807) is 6.20 Å². The Morgan fingerprint density at radius 3 is 3.08 bits per heavy atom. The second-order valence-electron chi connectivity index (χ2n) is 2.14. The van der Waals surface area contributed by atoms with Crippen LogP contribution in [-0.4, -0.2) is 26.9 Å². The number of nitrogens with zero attached hydrogens (tertiary/aromatic N) is 3. The van der Waals surface area contributed by atoms with Crippen molar-refractivity contribution in [3.05, 3.63) is 24.4 Å². The topological polar surface area (TPSA) is 75.7 Å². The van der Waals surface area contributed by atoms with Crippen molar-refractivity contribution in [3.8, 4) is 6.01 Å². The molecule has 0 fully saturated rings. The summed E-state index contributed by atoms with van der Waals surface area (Å²) in [5.41, 5.74) is 0. The van der Waals surface area contributed by atoms with Crippen molar-refractivity contribution in [1.82, 2.24) is 25.9 Å². The van der Waals surface area contributed by atoms with Gasteiger partial charge in [-0.1, -0.05) is 16.3 Å². The summed E-state index contributed by atoms with van der Waals surface area (Å²) < 4.78 is 5.23. The fourth-order valence-electron chi connectivity index (χ4n) is 0.816. The molecule has 0 bridgehead atoms. The van der Waals surface area contributed by atoms with E-state index in [9.17, 15) is 0 Å². The number of allylic oxidation sites excluding steroid dienone is 2. The molecule has 0 aromatic carbocycles. The molecule has 1 aromatic heterocycles. The Morgan fingerprint density at radius 1 is 1.42 bits per heavy atom. The lowest BCUT2D eigenvalue weighted by atomic mass is 10.4. The first-order valence-corrected chi connectivity index (χ1v) is 3.44. The maximum absolute atomic E-state index is 5.23. The quantitative estimate of drug-likeness (QED) is 0.622. The Balaban J connectivity index is 1.96. The van der Waals surface area contributed by atoms with Gasteiger partial charge in [0.2, 0.25) is 0 Å². The SMILES string of the molecule is C1=CNC(Oc2nn[nH]n2)C=C1. The minimum Gasteiger partial charge on any atom is -0.434 e. The monoisotopic (exact) mass is 165 g/mol. The highest BCUT2D eigenvalue weighted by atomic mass is 16.5. The number of rotatable bonds is 2. The maximum atomic E-state index is 5.23. The van der Waals surface area contributed by atoms with Crippen molar-refractivity contribution in [2.24, 2.45) is 0 Å². The number of hydrogen-bond acceptors (Lipinski definition) is 5. The molecule has 12 heavy (non-hydrogen) atoms. The van der Waals surface area contributed by atoms with Gasteiger partial charge in [0.05, 0.1) is 0 Å². The lowest BCUT2D eigenvalue weighted by molar-refractivity contribution is 0.208. The average Bonchev–Trinajstić information content (AvgIpc) is 2.59. The van der Waals surface area contributed by atoms with Crippen LogP contribution in [0.3, 0.4) is 0 Å². The second kappa shape index (κ2) is 3.04. The fraction of sp³-hybridized carbons (Fsp3) is 0.167. The number of aromatic nitrogens is 4. The van der Waals surface area contributed by atoms with Gasteiger partial charge in [0, 0.05) is 0 Å². The number of tetrazole rings is 1. The molecule has 0 saturated heterocycles. The molecular formula is C6H7N5O. The van der Waals surface area contributed by atoms with E-state index in [0.717, 1.165) is 0 Å². The van der Waals surface area contributed by atoms with Crippen LogP contribution in [0.2, 0.25) is 0 Å². The second-order valence-corrected chi connectivity index (χ2v) is 2.14. The average molecular weight is 165 g/mol. The summed E-state index contributed by atoms with van der Waals surface area (Å²) in [6.45, 7) is 0. The van der Waals surface area contributed by atoms with Crippen LogP contribution in [0.4, 0.5) is 0 Å². The van der Waals surface area contributed by atoms with Crippen LogP contribution >= 0.6 is 0 Å². The van der Waals surface area contributed by atoms with Crippen LogP contribution in [0.5, 0.6) is 6.01 Å². The molecule has 1 unspecified atom stereocenters. The van der Waals surface area contributed by atoms with Gasteiger partial charge >= 0.3 is 6.01 Å². The first-order chi connectivity index (χ1) is 5.95. The van der Waals surface area contributed by atoms with Gasteiger partial charge in [-0.2, -0.15) is 5.21 Å². The molecule has 1 aromatic rings. The van der Waals surface area contributed by atoms with Crippen molar-refractivity contribution in [2.45, 2.75) is 6.23 Å². The van der Waals surface area contributed by atoms with Crippen LogP contribution in [-0.2, 0) is 0 Å². The Hall–Kier alpha value is -1.85. The smallest absolute Gasteiger partial charge is 0.358 e. The number of aromatic amines is 1. The van der Waals surface area contributed by atoms with Crippen LogP contribution in [0.1, 0.15) is 0 Å². The lowest BCUT2D eigenvalue weighted by Gasteiger charge is -2.14. The summed E-state index contributed by atoms with van der Waals surface area (Å²) in [6.07, 6.45) is 7.16. The minimum atomic E-state index is -0.215. The first-order valence-electron chi connectivity index (χ1n) is 3.44. The largest absolute Gasteiger partial charge is 0.434 e. The summed E-state index contributed by atoms with van der Waals surface area (Å²) in [5.74, 6) is 0. The van der Waals surface area contributed by atoms with Crippen molar-refractivity contribution in [3.63, 3.8) is 0 Å². The van der Waals surface area contributed by atoms with Gasteiger partial charge in [0.1, 0.15) is 0 Å². The van der Waals surface area contributed by atoms with Gasteiger partial charge in [-0.15, -0.1) is 0 Å². The van der Waals surface area contributed by atoms with E-state index in [-0.39, 0.29) is 12.2 Å². The Kier molecular flexibility index (Phi) is 1.73. The van der Waals surface area contributed by atoms with Crippen LogP contribution in [0, 0.1) is 0 Å². The van der Waals surface area contributed by atoms with Crippen LogP contribution < -0.4 is 10.1 Å². The zero-order chi connectivity index (χ0) is 8.23. The summed E-state index contributed by atoms with van der Waals surface area (Å²) in [5, 5.41) is 15.9. The molecule has 0 amide bonds. The third-order valence-corrected chi connectivity index (χ3v) is 1.31. The van der Waals surface area contributed by atoms with Crippen molar-refractivity contribution in [1.29, 1.82) is 0 Å². The third-order valence-electron chi connectivity index (χ3n) is 1.31. The number of hydrogen-bond donors (Lipinski definition) is 2. The van der Waals surface area contributed by atoms with Gasteiger partial charge in [-0.25, -0.2) is 0 Å². The van der Waals surface area contributed by atoms with Gasteiger partial charge < -0.3 is 10.1 Å². The zero-order valence-corrected chi connectivity index (χ0v) is 6.14. The highest BCUT2D eigenvalue weighted by Crippen LogP contribution is 2.01. The maximum Gasteiger partial charge on any atom is 0.358 e. The highest BCUT2D eigenvalue weighted by molar-refractivity contribution is 5.10. The Morgan fingerprint density at radius 2 is 2.42 bits per heavy atom. The van der Waals surface area contributed by atoms with Crippen LogP contribution in [0.15, 0.2) is 24.4 Å². The summed E-state index contributed by atoms with van der Waals surface area (Å²) in [4.78, 5) is 0. The van der Waals surface area contributed by atoms with Gasteiger partial charge in [0.25, 0.3) is 0 Å². The van der Waals surface area contributed by atoms with Crippen molar-refractivity contribution in [2.75, 3.05) is 0 Å². The van der Waals surface area contributed by atoms with E-state index in [1.165, 1.54) is 0 Å². The van der Waals surface area contributed by atoms with E-state index >= 15 is 0 Å². The standard InChI is InChI=1S/C6H7N5O/c1-2-4-7-5(3-1)12-6-8-10-11-9-6/h1-5,7H,(H,8,9,10,11). The Bertz CT molecular complexity index is 291. The van der Waals surface area contributed by atoms with Gasteiger partial charge in [-0.05, 0) is 23.6 Å². The molecule has 1 atom stereocenters. The van der Waals surface area contributed by atoms with E-state index in [1.807, 2.05) is 18.2 Å². The summed E-state index contributed by atoms with van der Waals surface area (Å²) in [6, 6.07) is 0.229. The molecule has 1 aliphatic heterocycles. The molecule has 0 aliphatic carbocycles. The molecule has 0 spiro atoms. The van der Waals surface area contributed by atoms with Gasteiger partial charge in [0.15, 0.2) is 6.23 Å². The molecule has 1 aliphatic rings. The summed E-state index contributed by atoms with van der Waals surface area (Å²) in [7, 11) is 0. The number of dihydropyridines is 1. The van der Waals surface area contributed by atoms with Gasteiger partial charge in [-0.3, -0.25) is 0 Å². The predicted molar refractivity (Wildman–Crippen MR) is 40.0 cm³/mol. The number of ether oxygens (including phenoxy) is 1. The molecule has 6 heteroatoms. The van der Waals surface area contributed by atoms with E-state index in [0.29, 0.717) is 0 Å². The molecular weight excluding hydrogens is 158 g/mol. The first kappa shape index (κ1) is 6.84. The fourth-order valence-corrected chi connectivity index (χ4v) is 0.816. The minimum absolute atomic E-state index is 0.215. The Labute approximate surface area is 68.3 Å². The van der Waals surface area contributed by atoms with E-state index < -0.39 is 0 Å². The predicted octanol–water partition coefficient (Wildman–Crippen LogP) is -0.422. The van der Waals surface area contributed by atoms with Crippen molar-refractivity contribution < 1.29 is 4.74 Å². The molecule has 2 N–H and O–H groups in total. The van der Waals surface area contributed by atoms with Crippen LogP contribution in [0.25, 0.3) is 0 Å². The zero-order valence-electron chi connectivity index (χ0n) is 6.14. The highest BCUT2D eigenvalue weighted by Gasteiger charge is 2.07.